The zero-order valence-corrected chi connectivity index (χ0v) is 13.2. The lowest BCUT2D eigenvalue weighted by molar-refractivity contribution is 0.0450. The molecular weight excluding hydrogens is 286 g/mol. The Morgan fingerprint density at radius 2 is 1.91 bits per heavy atom. The van der Waals surface area contributed by atoms with Crippen LogP contribution in [0.3, 0.4) is 0 Å². The molecule has 22 heavy (non-hydrogen) atoms. The fourth-order valence-electron chi connectivity index (χ4n) is 2.91. The quantitative estimate of drug-likeness (QED) is 0.568. The van der Waals surface area contributed by atoms with Gasteiger partial charge >= 0.3 is 0 Å². The summed E-state index contributed by atoms with van der Waals surface area (Å²) in [5.41, 5.74) is 3.53. The molecule has 1 aromatic carbocycles. The minimum atomic E-state index is 0.137. The normalized spacial score (nSPS) is 21.6. The van der Waals surface area contributed by atoms with Crippen molar-refractivity contribution in [2.24, 2.45) is 0 Å². The summed E-state index contributed by atoms with van der Waals surface area (Å²) < 4.78 is 21.1. The molecule has 0 bridgehead atoms. The van der Waals surface area contributed by atoms with Gasteiger partial charge in [-0.05, 0) is 36.8 Å². The molecule has 0 aromatic heterocycles. The largest absolute Gasteiger partial charge is 0.467 e. The molecule has 2 N–H and O–H groups in total. The summed E-state index contributed by atoms with van der Waals surface area (Å²) >= 11 is 0. The van der Waals surface area contributed by atoms with E-state index in [-0.39, 0.29) is 19.6 Å². The van der Waals surface area contributed by atoms with Gasteiger partial charge < -0.3 is 24.2 Å². The van der Waals surface area contributed by atoms with Crippen molar-refractivity contribution in [3.63, 3.8) is 0 Å². The highest BCUT2D eigenvalue weighted by Gasteiger charge is 2.25. The van der Waals surface area contributed by atoms with Gasteiger partial charge in [-0.1, -0.05) is 12.5 Å². The van der Waals surface area contributed by atoms with E-state index < -0.39 is 0 Å². The van der Waals surface area contributed by atoms with E-state index in [1.54, 1.807) is 14.2 Å². The first-order valence-electron chi connectivity index (χ1n) is 7.55. The van der Waals surface area contributed by atoms with Crippen LogP contribution in [0.15, 0.2) is 18.2 Å². The molecule has 1 aliphatic rings. The summed E-state index contributed by atoms with van der Waals surface area (Å²) in [5.74, 6) is 1.81. The third-order valence-corrected chi connectivity index (χ3v) is 3.96. The van der Waals surface area contributed by atoms with E-state index in [0.29, 0.717) is 11.7 Å². The molecule has 1 saturated carbocycles. The van der Waals surface area contributed by atoms with E-state index in [9.17, 15) is 5.21 Å². The van der Waals surface area contributed by atoms with Crippen LogP contribution in [0.25, 0.3) is 0 Å². The van der Waals surface area contributed by atoms with Crippen molar-refractivity contribution in [3.05, 3.63) is 23.8 Å². The first kappa shape index (κ1) is 17.0. The van der Waals surface area contributed by atoms with Gasteiger partial charge in [0, 0.05) is 26.3 Å². The number of hydrogen-bond acceptors (Lipinski definition) is 6. The first-order valence-corrected chi connectivity index (χ1v) is 7.55. The van der Waals surface area contributed by atoms with Gasteiger partial charge in [0.15, 0.2) is 13.6 Å². The number of nitrogens with one attached hydrogen (secondary N) is 1. The standard InChI is InChI=1S/C16H25NO5/c1-19-10-21-14-6-7-15(16(9-14)22-11-20-2)12-4-3-5-13(8-12)17-18/h6-7,9,12-13,17-18H,3-5,8,10-11H2,1-2H3/t12-,13+/m0/s1. The second-order valence-corrected chi connectivity index (χ2v) is 5.49. The van der Waals surface area contributed by atoms with Crippen LogP contribution in [-0.2, 0) is 9.47 Å². The number of hydrogen-bond donors (Lipinski definition) is 2. The van der Waals surface area contributed by atoms with Gasteiger partial charge in [-0.15, -0.1) is 0 Å². The highest BCUT2D eigenvalue weighted by atomic mass is 16.7. The van der Waals surface area contributed by atoms with E-state index in [1.807, 2.05) is 18.2 Å². The van der Waals surface area contributed by atoms with E-state index in [1.165, 1.54) is 0 Å². The number of benzene rings is 1. The monoisotopic (exact) mass is 311 g/mol. The fourth-order valence-corrected chi connectivity index (χ4v) is 2.91. The third-order valence-electron chi connectivity index (χ3n) is 3.96. The number of hydroxylamine groups is 1. The van der Waals surface area contributed by atoms with Crippen LogP contribution >= 0.6 is 0 Å². The Bertz CT molecular complexity index is 454. The summed E-state index contributed by atoms with van der Waals surface area (Å²) in [6.07, 6.45) is 4.04. The Hall–Kier alpha value is -1.34. The molecule has 2 atom stereocenters. The van der Waals surface area contributed by atoms with Gasteiger partial charge in [0.25, 0.3) is 0 Å². The summed E-state index contributed by atoms with van der Waals surface area (Å²) in [7, 11) is 3.18. The van der Waals surface area contributed by atoms with Gasteiger partial charge in [0.1, 0.15) is 11.5 Å². The average molecular weight is 311 g/mol. The van der Waals surface area contributed by atoms with Crippen LogP contribution < -0.4 is 15.0 Å². The molecule has 0 radical (unpaired) electrons. The van der Waals surface area contributed by atoms with Gasteiger partial charge in [-0.25, -0.2) is 5.48 Å². The summed E-state index contributed by atoms with van der Waals surface area (Å²) in [6, 6.07) is 5.95. The van der Waals surface area contributed by atoms with Crippen LogP contribution in [0.2, 0.25) is 0 Å². The minimum absolute atomic E-state index is 0.137. The third kappa shape index (κ3) is 4.58. The first-order chi connectivity index (χ1) is 10.8. The maximum absolute atomic E-state index is 9.17. The van der Waals surface area contributed by atoms with Gasteiger partial charge in [-0.2, -0.15) is 0 Å². The number of rotatable bonds is 8. The van der Waals surface area contributed by atoms with E-state index >= 15 is 0 Å². The van der Waals surface area contributed by atoms with E-state index in [0.717, 1.165) is 37.0 Å². The maximum Gasteiger partial charge on any atom is 0.188 e. The van der Waals surface area contributed by atoms with Crippen LogP contribution in [0.5, 0.6) is 11.5 Å². The highest BCUT2D eigenvalue weighted by Crippen LogP contribution is 2.39. The Kier molecular flexibility index (Phi) is 6.92. The van der Waals surface area contributed by atoms with Crippen LogP contribution in [-0.4, -0.2) is 39.1 Å². The van der Waals surface area contributed by atoms with Crippen molar-refractivity contribution in [1.29, 1.82) is 0 Å². The molecule has 124 valence electrons. The van der Waals surface area contributed by atoms with Crippen molar-refractivity contribution >= 4 is 0 Å². The molecule has 0 heterocycles. The molecule has 1 fully saturated rings. The molecule has 0 unspecified atom stereocenters. The molecule has 0 saturated heterocycles. The maximum atomic E-state index is 9.17. The zero-order valence-electron chi connectivity index (χ0n) is 13.2. The van der Waals surface area contributed by atoms with Crippen LogP contribution in [0.4, 0.5) is 0 Å². The minimum Gasteiger partial charge on any atom is -0.467 e. The Morgan fingerprint density at radius 3 is 2.64 bits per heavy atom. The molecule has 1 aromatic rings. The van der Waals surface area contributed by atoms with Crippen molar-refractivity contribution in [3.8, 4) is 11.5 Å². The zero-order chi connectivity index (χ0) is 15.8. The Balaban J connectivity index is 2.16. The molecular formula is C16H25NO5. The predicted molar refractivity (Wildman–Crippen MR) is 81.4 cm³/mol. The molecule has 0 amide bonds. The lowest BCUT2D eigenvalue weighted by Crippen LogP contribution is -2.31. The predicted octanol–water partition coefficient (Wildman–Crippen LogP) is 2.66. The van der Waals surface area contributed by atoms with E-state index in [4.69, 9.17) is 18.9 Å². The summed E-state index contributed by atoms with van der Waals surface area (Å²) in [6.45, 7) is 0.387. The highest BCUT2D eigenvalue weighted by molar-refractivity contribution is 5.43. The molecule has 6 heteroatoms. The van der Waals surface area contributed by atoms with Crippen LogP contribution in [0, 0.1) is 0 Å². The molecule has 6 nitrogen and oxygen atoms in total. The van der Waals surface area contributed by atoms with Gasteiger partial charge in [0.05, 0.1) is 0 Å². The lowest BCUT2D eigenvalue weighted by atomic mass is 9.81. The molecule has 0 spiro atoms. The lowest BCUT2D eigenvalue weighted by Gasteiger charge is -2.29. The second kappa shape index (κ2) is 8.95. The van der Waals surface area contributed by atoms with Gasteiger partial charge in [-0.3, -0.25) is 0 Å². The Morgan fingerprint density at radius 1 is 1.14 bits per heavy atom. The van der Waals surface area contributed by atoms with Crippen molar-refractivity contribution in [2.75, 3.05) is 27.8 Å². The molecule has 0 aliphatic heterocycles. The Labute approximate surface area is 131 Å². The SMILES string of the molecule is COCOc1ccc([C@H]2CCC[C@@H](NO)C2)c(OCOC)c1. The number of methoxy groups -OCH3 is 2. The fraction of sp³-hybridized carbons (Fsp3) is 0.625. The average Bonchev–Trinajstić information content (AvgIpc) is 2.58. The van der Waals surface area contributed by atoms with Gasteiger partial charge in [0.2, 0.25) is 0 Å². The van der Waals surface area contributed by atoms with E-state index in [2.05, 4.69) is 5.48 Å². The molecule has 1 aliphatic carbocycles. The smallest absolute Gasteiger partial charge is 0.188 e. The summed E-state index contributed by atoms with van der Waals surface area (Å²) in [4.78, 5) is 0. The van der Waals surface area contributed by atoms with Crippen LogP contribution in [0.1, 0.15) is 37.2 Å². The van der Waals surface area contributed by atoms with Crippen molar-refractivity contribution in [1.82, 2.24) is 5.48 Å². The van der Waals surface area contributed by atoms with Crippen molar-refractivity contribution < 1.29 is 24.2 Å². The summed E-state index contributed by atoms with van der Waals surface area (Å²) in [5, 5.41) is 9.17. The number of ether oxygens (including phenoxy) is 4. The second-order valence-electron chi connectivity index (χ2n) is 5.49. The van der Waals surface area contributed by atoms with Crippen molar-refractivity contribution in [2.45, 2.75) is 37.6 Å². The topological polar surface area (TPSA) is 69.2 Å². The molecule has 2 rings (SSSR count).